The van der Waals surface area contributed by atoms with Gasteiger partial charge in [0.05, 0.1) is 11.3 Å². The highest BCUT2D eigenvalue weighted by Gasteiger charge is 2.08. The van der Waals surface area contributed by atoms with Gasteiger partial charge < -0.3 is 5.32 Å². The van der Waals surface area contributed by atoms with Crippen molar-refractivity contribution in [2.75, 3.05) is 6.54 Å². The molecule has 0 unspecified atom stereocenters. The van der Waals surface area contributed by atoms with Gasteiger partial charge in [-0.15, -0.1) is 12.3 Å². The highest BCUT2D eigenvalue weighted by atomic mass is 16.6. The maximum Gasteiger partial charge on any atom is 0.269 e. The molecule has 0 aliphatic heterocycles. The maximum atomic E-state index is 11.6. The molecule has 1 aromatic carbocycles. The molecule has 1 rings (SSSR count). The van der Waals surface area contributed by atoms with E-state index in [2.05, 4.69) is 11.2 Å². The molecule has 1 aromatic rings. The van der Waals surface area contributed by atoms with Gasteiger partial charge in [0.1, 0.15) is 0 Å². The van der Waals surface area contributed by atoms with Crippen molar-refractivity contribution in [1.29, 1.82) is 0 Å². The molecule has 0 aliphatic carbocycles. The first-order valence-electron chi connectivity index (χ1n) is 6.07. The van der Waals surface area contributed by atoms with Crippen LogP contribution in [0.5, 0.6) is 0 Å². The molecule has 19 heavy (non-hydrogen) atoms. The lowest BCUT2D eigenvalue weighted by Crippen LogP contribution is -2.26. The van der Waals surface area contributed by atoms with Crippen molar-refractivity contribution in [2.45, 2.75) is 25.7 Å². The standard InChI is InChI=1S/C14H16N2O3/c1-2-3-4-5-9-15-14(17)11-12-7-6-8-13(10-12)16(18)19/h1,6-8,10H,3-5,9,11H2,(H,15,17). The Morgan fingerprint density at radius 1 is 1.42 bits per heavy atom. The van der Waals surface area contributed by atoms with Crippen molar-refractivity contribution < 1.29 is 9.72 Å². The molecule has 0 bridgehead atoms. The van der Waals surface area contributed by atoms with E-state index in [-0.39, 0.29) is 18.0 Å². The van der Waals surface area contributed by atoms with Crippen LogP contribution in [0.4, 0.5) is 5.69 Å². The van der Waals surface area contributed by atoms with E-state index in [4.69, 9.17) is 6.42 Å². The lowest BCUT2D eigenvalue weighted by Gasteiger charge is -2.04. The number of nitro benzene ring substituents is 1. The van der Waals surface area contributed by atoms with Crippen LogP contribution in [0.25, 0.3) is 0 Å². The predicted octanol–water partition coefficient (Wildman–Crippen LogP) is 2.06. The fraction of sp³-hybridized carbons (Fsp3) is 0.357. The summed E-state index contributed by atoms with van der Waals surface area (Å²) < 4.78 is 0. The van der Waals surface area contributed by atoms with Crippen molar-refractivity contribution in [1.82, 2.24) is 5.32 Å². The van der Waals surface area contributed by atoms with Gasteiger partial charge in [-0.2, -0.15) is 0 Å². The molecule has 0 atom stereocenters. The Morgan fingerprint density at radius 2 is 2.21 bits per heavy atom. The quantitative estimate of drug-likeness (QED) is 0.353. The highest BCUT2D eigenvalue weighted by molar-refractivity contribution is 5.78. The van der Waals surface area contributed by atoms with Gasteiger partial charge in [0.15, 0.2) is 0 Å². The van der Waals surface area contributed by atoms with Gasteiger partial charge in [0.25, 0.3) is 5.69 Å². The maximum absolute atomic E-state index is 11.6. The van der Waals surface area contributed by atoms with Gasteiger partial charge in [0, 0.05) is 25.1 Å². The Balaban J connectivity index is 2.38. The van der Waals surface area contributed by atoms with E-state index in [0.29, 0.717) is 18.5 Å². The number of nitrogens with zero attached hydrogens (tertiary/aromatic N) is 1. The number of hydrogen-bond donors (Lipinski definition) is 1. The Bertz CT molecular complexity index is 492. The monoisotopic (exact) mass is 260 g/mol. The summed E-state index contributed by atoms with van der Waals surface area (Å²) in [5.74, 6) is 2.40. The zero-order valence-corrected chi connectivity index (χ0v) is 10.6. The molecule has 0 saturated heterocycles. The number of amides is 1. The van der Waals surface area contributed by atoms with Crippen molar-refractivity contribution in [3.05, 3.63) is 39.9 Å². The molecule has 0 heterocycles. The van der Waals surface area contributed by atoms with Crippen molar-refractivity contribution in [2.24, 2.45) is 0 Å². The average Bonchev–Trinajstić information content (AvgIpc) is 2.38. The number of terminal acetylenes is 1. The summed E-state index contributed by atoms with van der Waals surface area (Å²) in [6.07, 6.45) is 7.70. The van der Waals surface area contributed by atoms with Gasteiger partial charge in [0.2, 0.25) is 5.91 Å². The third kappa shape index (κ3) is 5.68. The number of unbranched alkanes of at least 4 members (excludes halogenated alkanes) is 2. The van der Waals surface area contributed by atoms with Gasteiger partial charge in [-0.1, -0.05) is 12.1 Å². The smallest absolute Gasteiger partial charge is 0.269 e. The largest absolute Gasteiger partial charge is 0.356 e. The summed E-state index contributed by atoms with van der Waals surface area (Å²) in [5.41, 5.74) is 0.634. The zero-order valence-electron chi connectivity index (χ0n) is 10.6. The number of benzene rings is 1. The van der Waals surface area contributed by atoms with Crippen LogP contribution in [0.1, 0.15) is 24.8 Å². The molecule has 0 spiro atoms. The first kappa shape index (κ1) is 14.7. The summed E-state index contributed by atoms with van der Waals surface area (Å²) in [7, 11) is 0. The fourth-order valence-corrected chi connectivity index (χ4v) is 1.61. The highest BCUT2D eigenvalue weighted by Crippen LogP contribution is 2.13. The fourth-order valence-electron chi connectivity index (χ4n) is 1.61. The minimum absolute atomic E-state index is 0.000629. The minimum Gasteiger partial charge on any atom is -0.356 e. The minimum atomic E-state index is -0.471. The molecule has 0 radical (unpaired) electrons. The van der Waals surface area contributed by atoms with Gasteiger partial charge in [-0.3, -0.25) is 14.9 Å². The molecule has 5 nitrogen and oxygen atoms in total. The normalized spacial score (nSPS) is 9.63. The summed E-state index contributed by atoms with van der Waals surface area (Å²) in [4.78, 5) is 21.7. The number of rotatable bonds is 7. The van der Waals surface area contributed by atoms with E-state index < -0.39 is 4.92 Å². The predicted molar refractivity (Wildman–Crippen MR) is 72.5 cm³/mol. The van der Waals surface area contributed by atoms with Crippen LogP contribution in [-0.4, -0.2) is 17.4 Å². The van der Waals surface area contributed by atoms with E-state index in [1.54, 1.807) is 12.1 Å². The number of carbonyl (C=O) groups is 1. The molecule has 1 N–H and O–H groups in total. The summed E-state index contributed by atoms with van der Waals surface area (Å²) in [5, 5.41) is 13.4. The molecule has 0 aliphatic rings. The first-order chi connectivity index (χ1) is 9.13. The van der Waals surface area contributed by atoms with Crippen molar-refractivity contribution >= 4 is 11.6 Å². The van der Waals surface area contributed by atoms with Crippen molar-refractivity contribution in [3.8, 4) is 12.3 Å². The lowest BCUT2D eigenvalue weighted by molar-refractivity contribution is -0.384. The van der Waals surface area contributed by atoms with E-state index >= 15 is 0 Å². The molecule has 0 saturated carbocycles. The Hall–Kier alpha value is -2.35. The topological polar surface area (TPSA) is 72.2 Å². The first-order valence-corrected chi connectivity index (χ1v) is 6.07. The van der Waals surface area contributed by atoms with Crippen LogP contribution >= 0.6 is 0 Å². The van der Waals surface area contributed by atoms with Crippen LogP contribution in [-0.2, 0) is 11.2 Å². The van der Waals surface area contributed by atoms with Crippen molar-refractivity contribution in [3.63, 3.8) is 0 Å². The number of carbonyl (C=O) groups excluding carboxylic acids is 1. The van der Waals surface area contributed by atoms with Crippen LogP contribution in [0.3, 0.4) is 0 Å². The Kier molecular flexibility index (Phi) is 6.10. The molecule has 0 fully saturated rings. The van der Waals surface area contributed by atoms with Gasteiger partial charge in [-0.05, 0) is 18.4 Å². The van der Waals surface area contributed by atoms with Crippen LogP contribution in [0.15, 0.2) is 24.3 Å². The number of hydrogen-bond acceptors (Lipinski definition) is 3. The number of nitro groups is 1. The van der Waals surface area contributed by atoms with Crippen LogP contribution < -0.4 is 5.32 Å². The third-order valence-corrected chi connectivity index (χ3v) is 2.56. The second kappa shape index (κ2) is 7.88. The van der Waals surface area contributed by atoms with E-state index in [1.165, 1.54) is 12.1 Å². The number of non-ortho nitro benzene ring substituents is 1. The molecule has 0 aromatic heterocycles. The third-order valence-electron chi connectivity index (χ3n) is 2.56. The number of nitrogens with one attached hydrogen (secondary N) is 1. The Labute approximate surface area is 112 Å². The lowest BCUT2D eigenvalue weighted by atomic mass is 10.1. The van der Waals surface area contributed by atoms with Gasteiger partial charge in [-0.25, -0.2) is 0 Å². The molecule has 1 amide bonds. The average molecular weight is 260 g/mol. The van der Waals surface area contributed by atoms with E-state index in [0.717, 1.165) is 12.8 Å². The second-order valence-corrected chi connectivity index (χ2v) is 4.11. The van der Waals surface area contributed by atoms with Crippen LogP contribution in [0.2, 0.25) is 0 Å². The van der Waals surface area contributed by atoms with Gasteiger partial charge >= 0.3 is 0 Å². The van der Waals surface area contributed by atoms with E-state index in [1.807, 2.05) is 0 Å². The summed E-state index contributed by atoms with van der Waals surface area (Å²) in [6.45, 7) is 0.579. The molecule has 5 heteroatoms. The van der Waals surface area contributed by atoms with Crippen LogP contribution in [0, 0.1) is 22.5 Å². The SMILES string of the molecule is C#CCCCCNC(=O)Cc1cccc([N+](=O)[O-])c1. The Morgan fingerprint density at radius 3 is 2.89 bits per heavy atom. The zero-order chi connectivity index (χ0) is 14.1. The summed E-state index contributed by atoms with van der Waals surface area (Å²) >= 11 is 0. The molecule has 100 valence electrons. The summed E-state index contributed by atoms with van der Waals surface area (Å²) in [6, 6.07) is 6.09. The van der Waals surface area contributed by atoms with E-state index in [9.17, 15) is 14.9 Å². The molecular formula is C14H16N2O3. The second-order valence-electron chi connectivity index (χ2n) is 4.11. The molecular weight excluding hydrogens is 244 g/mol.